The number of hydrogen-bond acceptors (Lipinski definition) is 5. The number of thiazole rings is 1. The second kappa shape index (κ2) is 6.45. The third kappa shape index (κ3) is 3.46. The summed E-state index contributed by atoms with van der Waals surface area (Å²) in [5, 5.41) is 12.9. The number of non-ortho nitro benzene ring substituents is 1. The molecule has 0 aliphatic rings. The second-order valence-corrected chi connectivity index (χ2v) is 5.44. The minimum absolute atomic E-state index is 0.0294. The monoisotopic (exact) mass is 327 g/mol. The van der Waals surface area contributed by atoms with E-state index in [2.05, 4.69) is 9.98 Å². The van der Waals surface area contributed by atoms with Crippen LogP contribution < -0.4 is 0 Å². The van der Waals surface area contributed by atoms with E-state index in [1.54, 1.807) is 35.7 Å². The number of aliphatic imine (C=N–C) groups is 1. The standard InChI is InChI=1S/C16H10FN3O2S/c17-14-4-2-1-3-12(14)9-18-16-19-15(10-23-16)11-5-7-13(8-6-11)20(21)22/h1-10H. The van der Waals surface area contributed by atoms with Gasteiger partial charge >= 0.3 is 0 Å². The van der Waals surface area contributed by atoms with Crippen LogP contribution in [0.1, 0.15) is 5.56 Å². The molecule has 3 rings (SSSR count). The van der Waals surface area contributed by atoms with Crippen molar-refractivity contribution in [2.45, 2.75) is 0 Å². The van der Waals surface area contributed by atoms with E-state index >= 15 is 0 Å². The molecular weight excluding hydrogens is 317 g/mol. The smallest absolute Gasteiger partial charge is 0.258 e. The Morgan fingerprint density at radius 1 is 1.17 bits per heavy atom. The van der Waals surface area contributed by atoms with Gasteiger partial charge in [0.05, 0.1) is 10.6 Å². The van der Waals surface area contributed by atoms with E-state index in [-0.39, 0.29) is 11.5 Å². The van der Waals surface area contributed by atoms with E-state index in [1.807, 2.05) is 0 Å². The first-order valence-corrected chi connectivity index (χ1v) is 7.50. The Balaban J connectivity index is 1.80. The van der Waals surface area contributed by atoms with Crippen molar-refractivity contribution in [1.82, 2.24) is 4.98 Å². The SMILES string of the molecule is O=[N+]([O-])c1ccc(-c2csc(N=Cc3ccccc3F)n2)cc1. The van der Waals surface area contributed by atoms with Gasteiger partial charge in [0.1, 0.15) is 5.82 Å². The van der Waals surface area contributed by atoms with Gasteiger partial charge in [-0.2, -0.15) is 0 Å². The van der Waals surface area contributed by atoms with Gasteiger partial charge in [0.2, 0.25) is 5.13 Å². The molecule has 1 aromatic heterocycles. The summed E-state index contributed by atoms with van der Waals surface area (Å²) in [6.07, 6.45) is 1.42. The number of nitrogens with zero attached hydrogens (tertiary/aromatic N) is 3. The fraction of sp³-hybridized carbons (Fsp3) is 0. The molecule has 0 bridgehead atoms. The molecule has 23 heavy (non-hydrogen) atoms. The van der Waals surface area contributed by atoms with Crippen LogP contribution in [0.15, 0.2) is 58.9 Å². The maximum atomic E-state index is 13.5. The molecule has 0 amide bonds. The molecule has 0 spiro atoms. The lowest BCUT2D eigenvalue weighted by Crippen LogP contribution is -1.87. The number of benzene rings is 2. The van der Waals surface area contributed by atoms with Crippen LogP contribution in [-0.2, 0) is 0 Å². The highest BCUT2D eigenvalue weighted by atomic mass is 32.1. The van der Waals surface area contributed by atoms with Crippen molar-refractivity contribution in [3.05, 3.63) is 75.4 Å². The van der Waals surface area contributed by atoms with Gasteiger partial charge in [-0.25, -0.2) is 14.4 Å². The molecule has 0 N–H and O–H groups in total. The van der Waals surface area contributed by atoms with Crippen molar-refractivity contribution in [2.24, 2.45) is 4.99 Å². The quantitative estimate of drug-likeness (QED) is 0.399. The van der Waals surface area contributed by atoms with Crippen LogP contribution in [0.4, 0.5) is 15.2 Å². The highest BCUT2D eigenvalue weighted by Gasteiger charge is 2.08. The third-order valence-electron chi connectivity index (χ3n) is 3.09. The molecule has 114 valence electrons. The first kappa shape index (κ1) is 15.0. The zero-order valence-corrected chi connectivity index (χ0v) is 12.5. The molecule has 7 heteroatoms. The first-order valence-electron chi connectivity index (χ1n) is 6.62. The Morgan fingerprint density at radius 2 is 1.91 bits per heavy atom. The van der Waals surface area contributed by atoms with Gasteiger partial charge in [0.15, 0.2) is 0 Å². The maximum absolute atomic E-state index is 13.5. The summed E-state index contributed by atoms with van der Waals surface area (Å²) in [5.74, 6) is -0.344. The summed E-state index contributed by atoms with van der Waals surface area (Å²) in [7, 11) is 0. The molecule has 0 fully saturated rings. The number of hydrogen-bond donors (Lipinski definition) is 0. The average Bonchev–Trinajstić information content (AvgIpc) is 3.03. The minimum Gasteiger partial charge on any atom is -0.258 e. The Bertz CT molecular complexity index is 875. The largest absolute Gasteiger partial charge is 0.269 e. The Kier molecular flexibility index (Phi) is 4.20. The predicted octanol–water partition coefficient (Wildman–Crippen LogP) is 4.61. The topological polar surface area (TPSA) is 68.4 Å². The molecule has 0 radical (unpaired) electrons. The molecule has 0 saturated carbocycles. The van der Waals surface area contributed by atoms with Crippen molar-refractivity contribution in [1.29, 1.82) is 0 Å². The third-order valence-corrected chi connectivity index (χ3v) is 3.83. The van der Waals surface area contributed by atoms with Crippen molar-refractivity contribution < 1.29 is 9.31 Å². The summed E-state index contributed by atoms with van der Waals surface area (Å²) in [4.78, 5) is 18.7. The van der Waals surface area contributed by atoms with E-state index in [0.29, 0.717) is 16.4 Å². The molecule has 5 nitrogen and oxygen atoms in total. The molecule has 0 unspecified atom stereocenters. The zero-order valence-electron chi connectivity index (χ0n) is 11.7. The second-order valence-electron chi connectivity index (χ2n) is 4.60. The summed E-state index contributed by atoms with van der Waals surface area (Å²) in [5.41, 5.74) is 1.85. The Hall–Kier alpha value is -2.93. The van der Waals surface area contributed by atoms with Crippen molar-refractivity contribution in [3.63, 3.8) is 0 Å². The van der Waals surface area contributed by atoms with E-state index in [0.717, 1.165) is 5.56 Å². The summed E-state index contributed by atoms with van der Waals surface area (Å²) < 4.78 is 13.5. The van der Waals surface area contributed by atoms with Crippen LogP contribution >= 0.6 is 11.3 Å². The van der Waals surface area contributed by atoms with Gasteiger partial charge < -0.3 is 0 Å². The normalized spacial score (nSPS) is 11.0. The van der Waals surface area contributed by atoms with Gasteiger partial charge in [0, 0.05) is 34.9 Å². The fourth-order valence-corrected chi connectivity index (χ4v) is 2.59. The van der Waals surface area contributed by atoms with Crippen molar-refractivity contribution >= 4 is 28.4 Å². The average molecular weight is 327 g/mol. The molecule has 3 aromatic rings. The predicted molar refractivity (Wildman–Crippen MR) is 87.9 cm³/mol. The van der Waals surface area contributed by atoms with E-state index in [9.17, 15) is 14.5 Å². The fourth-order valence-electron chi connectivity index (χ4n) is 1.91. The summed E-state index contributed by atoms with van der Waals surface area (Å²) in [6.45, 7) is 0. The number of aromatic nitrogens is 1. The highest BCUT2D eigenvalue weighted by molar-refractivity contribution is 7.13. The maximum Gasteiger partial charge on any atom is 0.269 e. The van der Waals surface area contributed by atoms with Crippen molar-refractivity contribution in [2.75, 3.05) is 0 Å². The van der Waals surface area contributed by atoms with E-state index < -0.39 is 4.92 Å². The molecule has 2 aromatic carbocycles. The van der Waals surface area contributed by atoms with Gasteiger partial charge in [-0.15, -0.1) is 11.3 Å². The molecule has 0 aliphatic heterocycles. The van der Waals surface area contributed by atoms with E-state index in [4.69, 9.17) is 0 Å². The van der Waals surface area contributed by atoms with Crippen LogP contribution in [0.2, 0.25) is 0 Å². The number of halogens is 1. The van der Waals surface area contributed by atoms with Crippen LogP contribution in [0, 0.1) is 15.9 Å². The Morgan fingerprint density at radius 3 is 2.61 bits per heavy atom. The van der Waals surface area contributed by atoms with Crippen LogP contribution in [-0.4, -0.2) is 16.1 Å². The Labute approximate surface area is 134 Å². The van der Waals surface area contributed by atoms with Gasteiger partial charge in [-0.3, -0.25) is 10.1 Å². The first-order chi connectivity index (χ1) is 11.1. The van der Waals surface area contributed by atoms with Crippen molar-refractivity contribution in [3.8, 4) is 11.3 Å². The zero-order chi connectivity index (χ0) is 16.2. The number of nitro groups is 1. The molecule has 0 saturated heterocycles. The summed E-state index contributed by atoms with van der Waals surface area (Å²) >= 11 is 1.31. The number of rotatable bonds is 4. The minimum atomic E-state index is -0.449. The highest BCUT2D eigenvalue weighted by Crippen LogP contribution is 2.27. The van der Waals surface area contributed by atoms with Crippen LogP contribution in [0.5, 0.6) is 0 Å². The number of nitro benzene ring substituents is 1. The van der Waals surface area contributed by atoms with Crippen LogP contribution in [0.25, 0.3) is 11.3 Å². The lowest BCUT2D eigenvalue weighted by molar-refractivity contribution is -0.384. The lowest BCUT2D eigenvalue weighted by atomic mass is 10.1. The molecule has 1 heterocycles. The van der Waals surface area contributed by atoms with Gasteiger partial charge in [0.25, 0.3) is 5.69 Å². The van der Waals surface area contributed by atoms with Gasteiger partial charge in [-0.05, 0) is 18.2 Å². The molecule has 0 aliphatic carbocycles. The molecular formula is C16H10FN3O2S. The van der Waals surface area contributed by atoms with Gasteiger partial charge in [-0.1, -0.05) is 18.2 Å². The van der Waals surface area contributed by atoms with Crippen LogP contribution in [0.3, 0.4) is 0 Å². The van der Waals surface area contributed by atoms with E-state index in [1.165, 1.54) is 35.8 Å². The summed E-state index contributed by atoms with van der Waals surface area (Å²) in [6, 6.07) is 12.5. The lowest BCUT2D eigenvalue weighted by Gasteiger charge is -1.95. The molecule has 0 atom stereocenters.